The van der Waals surface area contributed by atoms with Crippen molar-refractivity contribution >= 4 is 10.9 Å². The lowest BCUT2D eigenvalue weighted by molar-refractivity contribution is 0.0269. The Hall–Kier alpha value is -1.65. The smallest absolute Gasteiger partial charge is 0.252 e. The van der Waals surface area contributed by atoms with Crippen LogP contribution in [0.15, 0.2) is 29.1 Å². The van der Waals surface area contributed by atoms with E-state index in [2.05, 4.69) is 36.7 Å². The molecule has 1 aliphatic rings. The van der Waals surface area contributed by atoms with E-state index in [-0.39, 0.29) is 11.7 Å². The molecule has 4 heteroatoms. The highest BCUT2D eigenvalue weighted by atomic mass is 16.3. The first-order valence-corrected chi connectivity index (χ1v) is 8.97. The number of pyridine rings is 1. The number of nitrogens with zero attached hydrogens (tertiary/aromatic N) is 1. The summed E-state index contributed by atoms with van der Waals surface area (Å²) in [6.07, 6.45) is 1.80. The van der Waals surface area contributed by atoms with Crippen molar-refractivity contribution in [2.45, 2.75) is 46.3 Å². The Morgan fingerprint density at radius 1 is 1.25 bits per heavy atom. The van der Waals surface area contributed by atoms with Gasteiger partial charge in [0, 0.05) is 17.6 Å². The highest BCUT2D eigenvalue weighted by Gasteiger charge is 2.27. The van der Waals surface area contributed by atoms with Crippen LogP contribution in [-0.4, -0.2) is 34.2 Å². The third kappa shape index (κ3) is 3.70. The van der Waals surface area contributed by atoms with Crippen LogP contribution in [0.5, 0.6) is 0 Å². The molecule has 4 nitrogen and oxygen atoms in total. The lowest BCUT2D eigenvalue weighted by atomic mass is 9.85. The van der Waals surface area contributed by atoms with Crippen molar-refractivity contribution in [1.29, 1.82) is 0 Å². The first kappa shape index (κ1) is 17.2. The van der Waals surface area contributed by atoms with Crippen molar-refractivity contribution < 1.29 is 5.11 Å². The minimum atomic E-state index is -0.209. The van der Waals surface area contributed by atoms with Gasteiger partial charge in [-0.05, 0) is 68.3 Å². The highest BCUT2D eigenvalue weighted by Crippen LogP contribution is 2.25. The molecule has 0 amide bonds. The van der Waals surface area contributed by atoms with Crippen LogP contribution in [0.1, 0.15) is 37.8 Å². The first-order chi connectivity index (χ1) is 11.4. The third-order valence-corrected chi connectivity index (χ3v) is 5.27. The Morgan fingerprint density at radius 2 is 1.96 bits per heavy atom. The molecule has 0 unspecified atom stereocenters. The van der Waals surface area contributed by atoms with Gasteiger partial charge in [0.05, 0.1) is 6.10 Å². The van der Waals surface area contributed by atoms with Crippen LogP contribution in [0.3, 0.4) is 0 Å². The maximum absolute atomic E-state index is 12.3. The summed E-state index contributed by atoms with van der Waals surface area (Å²) in [5, 5.41) is 11.3. The molecule has 0 radical (unpaired) electrons. The second-order valence-electron chi connectivity index (χ2n) is 7.56. The molecule has 130 valence electrons. The van der Waals surface area contributed by atoms with Gasteiger partial charge in [-0.1, -0.05) is 25.5 Å². The van der Waals surface area contributed by atoms with Gasteiger partial charge in [0.15, 0.2) is 0 Å². The molecule has 0 spiro atoms. The van der Waals surface area contributed by atoms with E-state index in [4.69, 9.17) is 0 Å². The number of aryl methyl sites for hydroxylation is 1. The molecular formula is C20H28N2O2. The number of aromatic nitrogens is 1. The van der Waals surface area contributed by atoms with Crippen LogP contribution >= 0.6 is 0 Å². The van der Waals surface area contributed by atoms with Gasteiger partial charge in [0.2, 0.25) is 0 Å². The van der Waals surface area contributed by atoms with Crippen LogP contribution in [0.4, 0.5) is 0 Å². The average molecular weight is 328 g/mol. The number of piperidine rings is 1. The molecule has 1 atom stereocenters. The van der Waals surface area contributed by atoms with Gasteiger partial charge < -0.3 is 10.1 Å². The fourth-order valence-electron chi connectivity index (χ4n) is 3.73. The largest absolute Gasteiger partial charge is 0.393 e. The number of hydrogen-bond acceptors (Lipinski definition) is 3. The van der Waals surface area contributed by atoms with Crippen molar-refractivity contribution in [2.24, 2.45) is 11.8 Å². The predicted octanol–water partition coefficient (Wildman–Crippen LogP) is 3.07. The van der Waals surface area contributed by atoms with Crippen LogP contribution in [0, 0.1) is 18.8 Å². The molecule has 1 aromatic carbocycles. The molecule has 3 rings (SSSR count). The number of aliphatic hydroxyl groups is 1. The van der Waals surface area contributed by atoms with Crippen molar-refractivity contribution in [3.8, 4) is 0 Å². The van der Waals surface area contributed by atoms with Crippen molar-refractivity contribution in [1.82, 2.24) is 9.88 Å². The number of benzene rings is 1. The van der Waals surface area contributed by atoms with Gasteiger partial charge in [-0.2, -0.15) is 0 Å². The Bertz CT molecular complexity index is 758. The number of rotatable bonds is 4. The summed E-state index contributed by atoms with van der Waals surface area (Å²) in [6.45, 7) is 8.79. The second kappa shape index (κ2) is 7.08. The number of likely N-dealkylation sites (tertiary alicyclic amines) is 1. The van der Waals surface area contributed by atoms with Crippen molar-refractivity contribution in [3.05, 3.63) is 45.7 Å². The Labute approximate surface area is 143 Å². The van der Waals surface area contributed by atoms with E-state index < -0.39 is 0 Å². The quantitative estimate of drug-likeness (QED) is 0.907. The summed E-state index contributed by atoms with van der Waals surface area (Å²) >= 11 is 0. The van der Waals surface area contributed by atoms with Gasteiger partial charge in [0.1, 0.15) is 0 Å². The van der Waals surface area contributed by atoms with Crippen LogP contribution in [-0.2, 0) is 6.54 Å². The van der Waals surface area contributed by atoms with E-state index >= 15 is 0 Å². The highest BCUT2D eigenvalue weighted by molar-refractivity contribution is 5.79. The molecule has 2 aromatic rings. The molecule has 1 saturated heterocycles. The van der Waals surface area contributed by atoms with E-state index in [0.717, 1.165) is 42.4 Å². The third-order valence-electron chi connectivity index (χ3n) is 5.27. The first-order valence-electron chi connectivity index (χ1n) is 8.97. The minimum absolute atomic E-state index is 0.00990. The molecule has 2 N–H and O–H groups in total. The van der Waals surface area contributed by atoms with Gasteiger partial charge in [-0.25, -0.2) is 0 Å². The fraction of sp³-hybridized carbons (Fsp3) is 0.550. The summed E-state index contributed by atoms with van der Waals surface area (Å²) in [6, 6.07) is 8.12. The fourth-order valence-corrected chi connectivity index (χ4v) is 3.73. The molecule has 0 saturated carbocycles. The summed E-state index contributed by atoms with van der Waals surface area (Å²) in [4.78, 5) is 17.7. The molecule has 1 fully saturated rings. The SMILES string of the molecule is Cc1ccc2[nH]c(=O)c(CN3CCC([C@H](O)C(C)C)CC3)cc2c1. The Balaban J connectivity index is 1.70. The zero-order chi connectivity index (χ0) is 17.3. The number of hydrogen-bond donors (Lipinski definition) is 2. The van der Waals surface area contributed by atoms with Gasteiger partial charge in [-0.3, -0.25) is 9.69 Å². The van der Waals surface area contributed by atoms with E-state index in [0.29, 0.717) is 18.4 Å². The van der Waals surface area contributed by atoms with Crippen molar-refractivity contribution in [2.75, 3.05) is 13.1 Å². The number of H-pyrrole nitrogens is 1. The van der Waals surface area contributed by atoms with Crippen LogP contribution in [0.25, 0.3) is 10.9 Å². The second-order valence-corrected chi connectivity index (χ2v) is 7.56. The molecule has 0 aliphatic carbocycles. The zero-order valence-electron chi connectivity index (χ0n) is 14.9. The van der Waals surface area contributed by atoms with Gasteiger partial charge >= 0.3 is 0 Å². The number of aromatic amines is 1. The van der Waals surface area contributed by atoms with Crippen LogP contribution in [0.2, 0.25) is 0 Å². The van der Waals surface area contributed by atoms with Crippen LogP contribution < -0.4 is 5.56 Å². The number of aliphatic hydroxyl groups excluding tert-OH is 1. The molecule has 2 heterocycles. The molecular weight excluding hydrogens is 300 g/mol. The summed E-state index contributed by atoms with van der Waals surface area (Å²) < 4.78 is 0. The maximum Gasteiger partial charge on any atom is 0.252 e. The average Bonchev–Trinajstić information content (AvgIpc) is 2.56. The topological polar surface area (TPSA) is 56.3 Å². The minimum Gasteiger partial charge on any atom is -0.393 e. The lowest BCUT2D eigenvalue weighted by Gasteiger charge is -2.35. The lowest BCUT2D eigenvalue weighted by Crippen LogP contribution is -2.39. The monoisotopic (exact) mass is 328 g/mol. The standard InChI is InChI=1S/C20H28N2O2/c1-13(2)19(23)15-6-8-22(9-7-15)12-17-11-16-10-14(3)4-5-18(16)21-20(17)24/h4-5,10-11,13,15,19,23H,6-9,12H2,1-3H3,(H,21,24)/t19-/m1/s1. The van der Waals surface area contributed by atoms with E-state index in [1.807, 2.05) is 18.2 Å². The summed E-state index contributed by atoms with van der Waals surface area (Å²) in [5.74, 6) is 0.701. The normalized spacial score (nSPS) is 18.4. The molecule has 24 heavy (non-hydrogen) atoms. The summed E-state index contributed by atoms with van der Waals surface area (Å²) in [7, 11) is 0. The molecule has 0 bridgehead atoms. The molecule has 1 aromatic heterocycles. The number of fused-ring (bicyclic) bond motifs is 1. The maximum atomic E-state index is 12.3. The molecule has 1 aliphatic heterocycles. The van der Waals surface area contributed by atoms with Gasteiger partial charge in [0.25, 0.3) is 5.56 Å². The predicted molar refractivity (Wildman–Crippen MR) is 98.2 cm³/mol. The Morgan fingerprint density at radius 3 is 2.62 bits per heavy atom. The number of nitrogens with one attached hydrogen (secondary N) is 1. The van der Waals surface area contributed by atoms with E-state index in [9.17, 15) is 9.90 Å². The Kier molecular flexibility index (Phi) is 5.07. The zero-order valence-corrected chi connectivity index (χ0v) is 14.9. The summed E-state index contributed by atoms with van der Waals surface area (Å²) in [5.41, 5.74) is 2.93. The van der Waals surface area contributed by atoms with Crippen molar-refractivity contribution in [3.63, 3.8) is 0 Å². The van der Waals surface area contributed by atoms with Gasteiger partial charge in [-0.15, -0.1) is 0 Å². The van der Waals surface area contributed by atoms with E-state index in [1.54, 1.807) is 0 Å². The van der Waals surface area contributed by atoms with E-state index in [1.165, 1.54) is 5.56 Å².